The van der Waals surface area contributed by atoms with Crippen LogP contribution in [-0.4, -0.2) is 18.8 Å². The van der Waals surface area contributed by atoms with E-state index in [1.165, 1.54) is 0 Å². The minimum absolute atomic E-state index is 0.0539. The summed E-state index contributed by atoms with van der Waals surface area (Å²) in [6, 6.07) is 5.75. The van der Waals surface area contributed by atoms with Crippen molar-refractivity contribution in [3.05, 3.63) is 34.3 Å². The van der Waals surface area contributed by atoms with Gasteiger partial charge in [0, 0.05) is 0 Å². The molecule has 1 aromatic rings. The van der Waals surface area contributed by atoms with Crippen LogP contribution in [0.5, 0.6) is 5.75 Å². The molecule has 0 fully saturated rings. The predicted octanol–water partition coefficient (Wildman–Crippen LogP) is 2.46. The summed E-state index contributed by atoms with van der Waals surface area (Å²) in [5.74, 6) is 0.792. The lowest BCUT2D eigenvalue weighted by molar-refractivity contribution is 0.343. The highest BCUT2D eigenvalue weighted by Gasteiger charge is 1.98. The molecule has 0 saturated carbocycles. The van der Waals surface area contributed by atoms with Gasteiger partial charge in [0.15, 0.2) is 0 Å². The number of methoxy groups -OCH3 is 1. The number of aliphatic hydroxyl groups excluding tert-OH is 1. The first-order valence-corrected chi connectivity index (χ1v) is 4.68. The van der Waals surface area contributed by atoms with E-state index in [1.807, 2.05) is 24.3 Å². The average molecular weight is 243 g/mol. The maximum Gasteiger partial charge on any atom is 0.133 e. The van der Waals surface area contributed by atoms with Crippen molar-refractivity contribution in [2.75, 3.05) is 13.7 Å². The van der Waals surface area contributed by atoms with Crippen LogP contribution in [0.4, 0.5) is 0 Å². The molecule has 0 bridgehead atoms. The predicted molar refractivity (Wildman–Crippen MR) is 56.8 cm³/mol. The van der Waals surface area contributed by atoms with Crippen LogP contribution >= 0.6 is 15.9 Å². The van der Waals surface area contributed by atoms with Gasteiger partial charge in [-0.3, -0.25) is 0 Å². The number of hydrogen-bond donors (Lipinski definition) is 1. The van der Waals surface area contributed by atoms with Crippen LogP contribution in [0.15, 0.2) is 28.7 Å². The Morgan fingerprint density at radius 2 is 2.31 bits per heavy atom. The van der Waals surface area contributed by atoms with Gasteiger partial charge in [-0.2, -0.15) is 0 Å². The third kappa shape index (κ3) is 2.86. The zero-order valence-electron chi connectivity index (χ0n) is 7.33. The maximum atomic E-state index is 8.58. The monoisotopic (exact) mass is 242 g/mol. The van der Waals surface area contributed by atoms with Crippen LogP contribution < -0.4 is 4.74 Å². The summed E-state index contributed by atoms with van der Waals surface area (Å²) in [5, 5.41) is 8.58. The van der Waals surface area contributed by atoms with E-state index < -0.39 is 0 Å². The largest absolute Gasteiger partial charge is 0.496 e. The molecule has 1 aromatic carbocycles. The highest BCUT2D eigenvalue weighted by atomic mass is 79.9. The van der Waals surface area contributed by atoms with Crippen LogP contribution in [0.2, 0.25) is 0 Å². The molecule has 0 saturated heterocycles. The molecule has 0 atom stereocenters. The molecule has 0 aromatic heterocycles. The zero-order valence-corrected chi connectivity index (χ0v) is 8.91. The highest BCUT2D eigenvalue weighted by molar-refractivity contribution is 9.10. The number of hydrogen-bond acceptors (Lipinski definition) is 2. The Kier molecular flexibility index (Phi) is 3.99. The van der Waals surface area contributed by atoms with Gasteiger partial charge < -0.3 is 9.84 Å². The molecule has 0 aliphatic rings. The molecule has 13 heavy (non-hydrogen) atoms. The van der Waals surface area contributed by atoms with Gasteiger partial charge in [0.2, 0.25) is 0 Å². The van der Waals surface area contributed by atoms with Crippen molar-refractivity contribution >= 4 is 22.0 Å². The van der Waals surface area contributed by atoms with Gasteiger partial charge >= 0.3 is 0 Å². The molecule has 3 heteroatoms. The van der Waals surface area contributed by atoms with Crippen molar-refractivity contribution < 1.29 is 9.84 Å². The van der Waals surface area contributed by atoms with E-state index in [9.17, 15) is 0 Å². The average Bonchev–Trinajstić information content (AvgIpc) is 2.16. The van der Waals surface area contributed by atoms with E-state index in [1.54, 1.807) is 13.2 Å². The first-order chi connectivity index (χ1) is 6.27. The Morgan fingerprint density at radius 1 is 1.54 bits per heavy atom. The van der Waals surface area contributed by atoms with Crippen molar-refractivity contribution in [2.24, 2.45) is 0 Å². The second-order valence-corrected chi connectivity index (χ2v) is 3.33. The van der Waals surface area contributed by atoms with Gasteiger partial charge in [-0.15, -0.1) is 0 Å². The van der Waals surface area contributed by atoms with Crippen molar-refractivity contribution in [2.45, 2.75) is 0 Å². The second kappa shape index (κ2) is 5.04. The first-order valence-electron chi connectivity index (χ1n) is 3.89. The van der Waals surface area contributed by atoms with Gasteiger partial charge in [0.25, 0.3) is 0 Å². The minimum Gasteiger partial charge on any atom is -0.496 e. The van der Waals surface area contributed by atoms with Crippen molar-refractivity contribution in [3.8, 4) is 5.75 Å². The molecule has 0 unspecified atom stereocenters. The third-order valence-corrected chi connectivity index (χ3v) is 2.25. The second-order valence-electron chi connectivity index (χ2n) is 2.48. The number of halogens is 1. The summed E-state index contributed by atoms with van der Waals surface area (Å²) in [4.78, 5) is 0. The molecule has 0 aliphatic heterocycles. The number of benzene rings is 1. The quantitative estimate of drug-likeness (QED) is 0.883. The lowest BCUT2D eigenvalue weighted by atomic mass is 10.2. The normalized spacial score (nSPS) is 10.7. The van der Waals surface area contributed by atoms with E-state index in [0.29, 0.717) is 0 Å². The van der Waals surface area contributed by atoms with Crippen molar-refractivity contribution in [3.63, 3.8) is 0 Å². The summed E-state index contributed by atoms with van der Waals surface area (Å²) in [5.41, 5.74) is 1.01. The fourth-order valence-corrected chi connectivity index (χ4v) is 1.38. The summed E-state index contributed by atoms with van der Waals surface area (Å²) in [6.45, 7) is 0.0539. The van der Waals surface area contributed by atoms with Crippen LogP contribution in [0, 0.1) is 0 Å². The topological polar surface area (TPSA) is 29.5 Å². The van der Waals surface area contributed by atoms with Gasteiger partial charge in [0.05, 0.1) is 18.2 Å². The minimum atomic E-state index is 0.0539. The molecule has 0 aliphatic carbocycles. The SMILES string of the molecule is COc1cc(/C=C/CO)ccc1Br. The van der Waals surface area contributed by atoms with Gasteiger partial charge in [-0.25, -0.2) is 0 Å². The Balaban J connectivity index is 2.92. The van der Waals surface area contributed by atoms with Gasteiger partial charge in [0.1, 0.15) is 5.75 Å². The number of rotatable bonds is 3. The molecule has 1 N–H and O–H groups in total. The van der Waals surface area contributed by atoms with Gasteiger partial charge in [-0.05, 0) is 33.6 Å². The summed E-state index contributed by atoms with van der Waals surface area (Å²) in [7, 11) is 1.62. The van der Waals surface area contributed by atoms with Crippen LogP contribution in [-0.2, 0) is 0 Å². The molecule has 0 radical (unpaired) electrons. The molecule has 0 amide bonds. The van der Waals surface area contributed by atoms with E-state index in [2.05, 4.69) is 15.9 Å². The molecule has 0 heterocycles. The lowest BCUT2D eigenvalue weighted by Gasteiger charge is -2.03. The van der Waals surface area contributed by atoms with Crippen LogP contribution in [0.25, 0.3) is 6.08 Å². The Morgan fingerprint density at radius 3 is 2.92 bits per heavy atom. The lowest BCUT2D eigenvalue weighted by Crippen LogP contribution is -1.85. The standard InChI is InChI=1S/C10H11BrO2/c1-13-10-7-8(3-2-6-12)4-5-9(10)11/h2-5,7,12H,6H2,1H3/b3-2+. The van der Waals surface area contributed by atoms with E-state index in [4.69, 9.17) is 9.84 Å². The van der Waals surface area contributed by atoms with E-state index in [0.717, 1.165) is 15.8 Å². The third-order valence-electron chi connectivity index (χ3n) is 1.59. The van der Waals surface area contributed by atoms with Gasteiger partial charge in [-0.1, -0.05) is 18.2 Å². The maximum absolute atomic E-state index is 8.58. The van der Waals surface area contributed by atoms with E-state index in [-0.39, 0.29) is 6.61 Å². The molecule has 0 spiro atoms. The molecular formula is C10H11BrO2. The molecular weight excluding hydrogens is 232 g/mol. The number of ether oxygens (including phenoxy) is 1. The summed E-state index contributed by atoms with van der Waals surface area (Å²) >= 11 is 3.36. The molecule has 2 nitrogen and oxygen atoms in total. The van der Waals surface area contributed by atoms with Crippen molar-refractivity contribution in [1.29, 1.82) is 0 Å². The number of aliphatic hydroxyl groups is 1. The zero-order chi connectivity index (χ0) is 9.68. The molecule has 70 valence electrons. The van der Waals surface area contributed by atoms with Crippen molar-refractivity contribution in [1.82, 2.24) is 0 Å². The highest BCUT2D eigenvalue weighted by Crippen LogP contribution is 2.25. The Bertz CT molecular complexity index is 308. The summed E-state index contributed by atoms with van der Waals surface area (Å²) in [6.07, 6.45) is 3.53. The Labute approximate surface area is 86.0 Å². The van der Waals surface area contributed by atoms with Crippen LogP contribution in [0.3, 0.4) is 0 Å². The fourth-order valence-electron chi connectivity index (χ4n) is 0.969. The smallest absolute Gasteiger partial charge is 0.133 e. The Hall–Kier alpha value is -0.800. The summed E-state index contributed by atoms with van der Waals surface area (Å²) < 4.78 is 6.05. The van der Waals surface area contributed by atoms with Crippen LogP contribution in [0.1, 0.15) is 5.56 Å². The first kappa shape index (κ1) is 10.3. The molecule has 1 rings (SSSR count). The fraction of sp³-hybridized carbons (Fsp3) is 0.200. The van der Waals surface area contributed by atoms with E-state index >= 15 is 0 Å².